The molecule has 3 nitrogen and oxygen atoms in total. The highest BCUT2D eigenvalue weighted by Crippen LogP contribution is 2.48. The van der Waals surface area contributed by atoms with Gasteiger partial charge in [0.1, 0.15) is 0 Å². The minimum atomic E-state index is 0.302. The van der Waals surface area contributed by atoms with Crippen LogP contribution >= 0.6 is 0 Å². The fourth-order valence-electron chi connectivity index (χ4n) is 9.53. The summed E-state index contributed by atoms with van der Waals surface area (Å²) in [6.07, 6.45) is 3.94. The van der Waals surface area contributed by atoms with E-state index in [9.17, 15) is 0 Å². The number of hydrogen-bond acceptors (Lipinski definition) is 1. The van der Waals surface area contributed by atoms with Crippen molar-refractivity contribution in [1.29, 1.82) is 0 Å². The summed E-state index contributed by atoms with van der Waals surface area (Å²) in [5, 5.41) is 10.3. The Morgan fingerprint density at radius 3 is 2.10 bits per heavy atom. The van der Waals surface area contributed by atoms with Crippen LogP contribution in [0, 0.1) is 0 Å². The molecule has 0 unspecified atom stereocenters. The maximum Gasteiger partial charge on any atom is 0.0642 e. The van der Waals surface area contributed by atoms with Gasteiger partial charge in [0.2, 0.25) is 0 Å². The molecule has 0 saturated carbocycles. The van der Waals surface area contributed by atoms with Crippen LogP contribution in [0.25, 0.3) is 87.5 Å². The average Bonchev–Trinajstić information content (AvgIpc) is 3.77. The maximum absolute atomic E-state index is 4.93. The summed E-state index contributed by atoms with van der Waals surface area (Å²) in [5.41, 5.74) is 13.9. The molecule has 12 rings (SSSR count). The monoisotopic (exact) mass is 649 g/mol. The van der Waals surface area contributed by atoms with Crippen LogP contribution in [0.2, 0.25) is 0 Å². The van der Waals surface area contributed by atoms with E-state index in [0.29, 0.717) is 5.92 Å². The number of aryl methyl sites for hydroxylation is 1. The van der Waals surface area contributed by atoms with Crippen molar-refractivity contribution < 1.29 is 0 Å². The lowest BCUT2D eigenvalue weighted by Crippen LogP contribution is -2.03. The fraction of sp³-hybridized carbons (Fsp3) is 0.0625. The van der Waals surface area contributed by atoms with Gasteiger partial charge in [-0.15, -0.1) is 0 Å². The van der Waals surface area contributed by atoms with Gasteiger partial charge in [-0.3, -0.25) is 4.98 Å². The van der Waals surface area contributed by atoms with Crippen LogP contribution in [-0.4, -0.2) is 14.0 Å². The standard InChI is InChI=1S/C48H31N3/c1-2-11-29(12-3-1)33-22-23-42-35(17-10-24-49-42)38-27-32(20-21-34(33)38)50-43-18-8-6-15-36(43)39-28-40-37-16-7-9-19-44(37)51-45-26-31-14-5-4-13-30(31)25-41(45)46(47(39)50)48(40)51/h1-21,24-28,33H,22-23H2/t33-/m1/s1. The molecule has 0 fully saturated rings. The molecule has 1 atom stereocenters. The number of benzene rings is 7. The molecule has 1 aliphatic carbocycles. The van der Waals surface area contributed by atoms with Crippen LogP contribution in [0.1, 0.15) is 29.2 Å². The zero-order valence-corrected chi connectivity index (χ0v) is 27.8. The van der Waals surface area contributed by atoms with Crippen molar-refractivity contribution in [2.75, 3.05) is 0 Å². The van der Waals surface area contributed by atoms with Gasteiger partial charge >= 0.3 is 0 Å². The Morgan fingerprint density at radius 1 is 0.510 bits per heavy atom. The third kappa shape index (κ3) is 3.65. The molecule has 0 bridgehead atoms. The van der Waals surface area contributed by atoms with Gasteiger partial charge in [0, 0.05) is 61.4 Å². The Bertz CT molecular complexity index is 3200. The highest BCUT2D eigenvalue weighted by molar-refractivity contribution is 6.34. The number of rotatable bonds is 2. The highest BCUT2D eigenvalue weighted by Gasteiger charge is 2.27. The van der Waals surface area contributed by atoms with Gasteiger partial charge in [0.25, 0.3) is 0 Å². The van der Waals surface area contributed by atoms with Crippen LogP contribution in [0.3, 0.4) is 0 Å². The number of hydrogen-bond donors (Lipinski definition) is 0. The molecule has 0 N–H and O–H groups in total. The molecule has 51 heavy (non-hydrogen) atoms. The van der Waals surface area contributed by atoms with Crippen molar-refractivity contribution in [3.8, 4) is 16.8 Å². The van der Waals surface area contributed by atoms with E-state index in [1.807, 2.05) is 6.20 Å². The predicted molar refractivity (Wildman–Crippen MR) is 213 cm³/mol. The van der Waals surface area contributed by atoms with Crippen molar-refractivity contribution in [2.24, 2.45) is 0 Å². The maximum atomic E-state index is 4.93. The smallest absolute Gasteiger partial charge is 0.0642 e. The van der Waals surface area contributed by atoms with Gasteiger partial charge < -0.3 is 8.97 Å². The minimum absolute atomic E-state index is 0.302. The van der Waals surface area contributed by atoms with Gasteiger partial charge in [0.05, 0.1) is 27.6 Å². The number of para-hydroxylation sites is 2. The first kappa shape index (κ1) is 27.4. The van der Waals surface area contributed by atoms with Crippen LogP contribution in [-0.2, 0) is 6.42 Å². The van der Waals surface area contributed by atoms with Crippen LogP contribution in [0.15, 0.2) is 158 Å². The summed E-state index contributed by atoms with van der Waals surface area (Å²) in [6, 6.07) is 56.5. The summed E-state index contributed by atoms with van der Waals surface area (Å²) in [4.78, 5) is 4.93. The molecule has 4 heterocycles. The molecule has 11 aromatic rings. The Morgan fingerprint density at radius 2 is 1.24 bits per heavy atom. The van der Waals surface area contributed by atoms with Crippen LogP contribution in [0.4, 0.5) is 0 Å². The number of pyridine rings is 1. The molecule has 0 spiro atoms. The molecule has 0 saturated heterocycles. The molecule has 0 radical (unpaired) electrons. The molecule has 4 aromatic heterocycles. The first-order chi connectivity index (χ1) is 25.3. The van der Waals surface area contributed by atoms with Gasteiger partial charge in [0.15, 0.2) is 0 Å². The molecule has 7 aromatic carbocycles. The lowest BCUT2D eigenvalue weighted by atomic mass is 9.85. The zero-order valence-electron chi connectivity index (χ0n) is 27.8. The minimum Gasteiger partial charge on any atom is -0.309 e. The second-order valence-corrected chi connectivity index (χ2v) is 14.2. The van der Waals surface area contributed by atoms with Gasteiger partial charge in [-0.1, -0.05) is 103 Å². The van der Waals surface area contributed by atoms with E-state index in [2.05, 4.69) is 161 Å². The van der Waals surface area contributed by atoms with Gasteiger partial charge in [-0.2, -0.15) is 0 Å². The van der Waals surface area contributed by atoms with Crippen LogP contribution < -0.4 is 0 Å². The molecular formula is C48H31N3. The fourth-order valence-corrected chi connectivity index (χ4v) is 9.53. The quantitative estimate of drug-likeness (QED) is 0.183. The Kier molecular flexibility index (Phi) is 5.40. The highest BCUT2D eigenvalue weighted by atomic mass is 15.0. The summed E-state index contributed by atoms with van der Waals surface area (Å²) in [7, 11) is 0. The molecule has 1 aliphatic rings. The van der Waals surface area contributed by atoms with Gasteiger partial charge in [-0.05, 0) is 88.8 Å². The average molecular weight is 650 g/mol. The summed E-state index contributed by atoms with van der Waals surface area (Å²) >= 11 is 0. The normalized spacial score (nSPS) is 14.7. The van der Waals surface area contributed by atoms with Crippen molar-refractivity contribution in [3.05, 3.63) is 175 Å². The summed E-state index contributed by atoms with van der Waals surface area (Å²) < 4.78 is 5.07. The Hall–Kier alpha value is -6.45. The summed E-state index contributed by atoms with van der Waals surface area (Å²) in [6.45, 7) is 0. The third-order valence-electron chi connectivity index (χ3n) is 11.7. The van der Waals surface area contributed by atoms with Crippen LogP contribution in [0.5, 0.6) is 0 Å². The summed E-state index contributed by atoms with van der Waals surface area (Å²) in [5.74, 6) is 0.302. The van der Waals surface area contributed by atoms with Crippen molar-refractivity contribution in [1.82, 2.24) is 14.0 Å². The molecule has 3 heteroatoms. The number of nitrogens with zero attached hydrogens (tertiary/aromatic N) is 3. The number of aromatic nitrogens is 3. The topological polar surface area (TPSA) is 22.2 Å². The first-order valence-electron chi connectivity index (χ1n) is 18.0. The second-order valence-electron chi connectivity index (χ2n) is 14.2. The SMILES string of the molecule is c1ccc([C@H]2CCc3ncccc3-c3cc(-n4c5ccccc5c5cc6c7ccccc7n7c8cc9ccccc9cc8c(c54)c67)ccc32)cc1. The first-order valence-corrected chi connectivity index (χ1v) is 18.0. The van der Waals surface area contributed by atoms with Crippen molar-refractivity contribution in [2.45, 2.75) is 18.8 Å². The Labute approximate surface area is 294 Å². The molecular weight excluding hydrogens is 619 g/mol. The van der Waals surface area contributed by atoms with E-state index < -0.39 is 0 Å². The van der Waals surface area contributed by atoms with E-state index in [4.69, 9.17) is 4.98 Å². The zero-order chi connectivity index (χ0) is 33.2. The van der Waals surface area contributed by atoms with Gasteiger partial charge in [-0.25, -0.2) is 0 Å². The van der Waals surface area contributed by atoms with Crippen molar-refractivity contribution >= 4 is 70.7 Å². The van der Waals surface area contributed by atoms with E-state index in [0.717, 1.165) is 12.8 Å². The van der Waals surface area contributed by atoms with E-state index in [1.54, 1.807) is 0 Å². The second kappa shape index (κ2) is 10.1. The molecule has 0 aliphatic heterocycles. The van der Waals surface area contributed by atoms with E-state index >= 15 is 0 Å². The predicted octanol–water partition coefficient (Wildman–Crippen LogP) is 12.2. The largest absolute Gasteiger partial charge is 0.309 e. The lowest BCUT2D eigenvalue weighted by molar-refractivity contribution is 0.716. The molecule has 0 amide bonds. The lowest BCUT2D eigenvalue weighted by Gasteiger charge is -2.20. The third-order valence-corrected chi connectivity index (χ3v) is 11.7. The number of fused-ring (bicyclic) bond motifs is 14. The molecule has 238 valence electrons. The van der Waals surface area contributed by atoms with Crippen molar-refractivity contribution in [3.63, 3.8) is 0 Å². The Balaban J connectivity index is 1.25. The van der Waals surface area contributed by atoms with E-state index in [1.165, 1.54) is 104 Å². The van der Waals surface area contributed by atoms with E-state index in [-0.39, 0.29) is 0 Å².